The Balaban J connectivity index is 4.18. The molecule has 0 rings (SSSR count). The van der Waals surface area contributed by atoms with Crippen LogP contribution in [0.1, 0.15) is 13.8 Å². The zero-order valence-electron chi connectivity index (χ0n) is 9.90. The molecule has 5 heteroatoms. The zero-order valence-corrected chi connectivity index (χ0v) is 9.90. The molecular weight excluding hydrogens is 210 g/mol. The van der Waals surface area contributed by atoms with E-state index in [1.807, 2.05) is 0 Å². The van der Waals surface area contributed by atoms with Gasteiger partial charge in [-0.25, -0.2) is 0 Å². The predicted molar refractivity (Wildman–Crippen MR) is 59.9 cm³/mol. The average molecular weight is 229 g/mol. The largest absolute Gasteiger partial charge is 0.465 e. The van der Waals surface area contributed by atoms with Crippen LogP contribution in [0.25, 0.3) is 0 Å². The monoisotopic (exact) mass is 229 g/mol. The molecule has 0 heterocycles. The number of amides is 1. The molecule has 0 saturated carbocycles. The Bertz CT molecular complexity index is 240. The van der Waals surface area contributed by atoms with E-state index >= 15 is 0 Å². The van der Waals surface area contributed by atoms with Crippen LogP contribution in [0.3, 0.4) is 0 Å². The van der Waals surface area contributed by atoms with Crippen LogP contribution in [0.15, 0.2) is 12.7 Å². The van der Waals surface area contributed by atoms with Crippen molar-refractivity contribution < 1.29 is 19.1 Å². The molecule has 92 valence electrons. The summed E-state index contributed by atoms with van der Waals surface area (Å²) >= 11 is 0. The Morgan fingerprint density at radius 3 is 2.50 bits per heavy atom. The lowest BCUT2D eigenvalue weighted by Crippen LogP contribution is -2.38. The molecule has 0 aliphatic heterocycles. The summed E-state index contributed by atoms with van der Waals surface area (Å²) in [4.78, 5) is 24.1. The third kappa shape index (κ3) is 6.19. The van der Waals surface area contributed by atoms with Crippen LogP contribution in [0.4, 0.5) is 0 Å². The zero-order chi connectivity index (χ0) is 12.4. The summed E-state index contributed by atoms with van der Waals surface area (Å²) in [6.45, 7) is 8.05. The summed E-state index contributed by atoms with van der Waals surface area (Å²) < 4.78 is 9.75. The number of hydrogen-bond donors (Lipinski definition) is 0. The fourth-order valence-electron chi connectivity index (χ4n) is 1.05. The van der Waals surface area contributed by atoms with Crippen molar-refractivity contribution in [3.63, 3.8) is 0 Å². The van der Waals surface area contributed by atoms with Gasteiger partial charge in [-0.3, -0.25) is 9.59 Å². The van der Waals surface area contributed by atoms with Crippen LogP contribution in [0.5, 0.6) is 0 Å². The van der Waals surface area contributed by atoms with E-state index in [0.29, 0.717) is 19.8 Å². The average Bonchev–Trinajstić information content (AvgIpc) is 2.25. The van der Waals surface area contributed by atoms with E-state index in [9.17, 15) is 9.59 Å². The molecule has 0 aromatic carbocycles. The molecule has 0 aromatic heterocycles. The number of rotatable bonds is 8. The molecular formula is C11H19NO4. The van der Waals surface area contributed by atoms with Gasteiger partial charge in [-0.1, -0.05) is 6.08 Å². The molecule has 0 aliphatic rings. The summed E-state index contributed by atoms with van der Waals surface area (Å²) in [6, 6.07) is 0. The third-order valence-electron chi connectivity index (χ3n) is 1.76. The Morgan fingerprint density at radius 2 is 2.00 bits per heavy atom. The summed E-state index contributed by atoms with van der Waals surface area (Å²) in [7, 11) is 0. The second kappa shape index (κ2) is 8.91. The second-order valence-electron chi connectivity index (χ2n) is 3.01. The van der Waals surface area contributed by atoms with E-state index in [-0.39, 0.29) is 19.1 Å². The third-order valence-corrected chi connectivity index (χ3v) is 1.76. The van der Waals surface area contributed by atoms with Gasteiger partial charge in [-0.2, -0.15) is 0 Å². The maximum Gasteiger partial charge on any atom is 0.325 e. The Morgan fingerprint density at radius 1 is 1.31 bits per heavy atom. The van der Waals surface area contributed by atoms with Gasteiger partial charge in [-0.05, 0) is 13.8 Å². The number of esters is 1. The minimum Gasteiger partial charge on any atom is -0.465 e. The molecule has 0 N–H and O–H groups in total. The van der Waals surface area contributed by atoms with Crippen molar-refractivity contribution in [1.82, 2.24) is 4.90 Å². The molecule has 0 aromatic rings. The van der Waals surface area contributed by atoms with Crippen LogP contribution >= 0.6 is 0 Å². The van der Waals surface area contributed by atoms with Gasteiger partial charge in [0.25, 0.3) is 0 Å². The highest BCUT2D eigenvalue weighted by Crippen LogP contribution is 1.94. The quantitative estimate of drug-likeness (QED) is 0.452. The maximum atomic E-state index is 11.6. The van der Waals surface area contributed by atoms with Crippen molar-refractivity contribution in [3.05, 3.63) is 12.7 Å². The van der Waals surface area contributed by atoms with Gasteiger partial charge < -0.3 is 14.4 Å². The van der Waals surface area contributed by atoms with Crippen LogP contribution in [-0.4, -0.2) is 49.7 Å². The Labute approximate surface area is 96.0 Å². The standard InChI is InChI=1S/C11H19NO4/c1-4-7-12(8-11(14)16-6-3)10(13)9-15-5-2/h4H,1,5-9H2,2-3H3. The first kappa shape index (κ1) is 14.6. The molecule has 0 unspecified atom stereocenters. The normalized spacial score (nSPS) is 9.62. The fraction of sp³-hybridized carbons (Fsp3) is 0.636. The first-order valence-corrected chi connectivity index (χ1v) is 5.27. The Hall–Kier alpha value is -1.36. The molecule has 0 saturated heterocycles. The number of ether oxygens (including phenoxy) is 2. The van der Waals surface area contributed by atoms with E-state index < -0.39 is 5.97 Å². The highest BCUT2D eigenvalue weighted by atomic mass is 16.5. The van der Waals surface area contributed by atoms with Crippen molar-refractivity contribution in [2.24, 2.45) is 0 Å². The van der Waals surface area contributed by atoms with Gasteiger partial charge in [0.15, 0.2) is 0 Å². The van der Waals surface area contributed by atoms with Crippen LogP contribution < -0.4 is 0 Å². The van der Waals surface area contributed by atoms with E-state index in [4.69, 9.17) is 9.47 Å². The molecule has 0 aliphatic carbocycles. The van der Waals surface area contributed by atoms with Crippen LogP contribution in [0, 0.1) is 0 Å². The van der Waals surface area contributed by atoms with E-state index in [1.54, 1.807) is 19.9 Å². The van der Waals surface area contributed by atoms with Crippen molar-refractivity contribution in [1.29, 1.82) is 0 Å². The van der Waals surface area contributed by atoms with Gasteiger partial charge in [0, 0.05) is 13.2 Å². The summed E-state index contributed by atoms with van der Waals surface area (Å²) in [6.07, 6.45) is 1.56. The van der Waals surface area contributed by atoms with Gasteiger partial charge >= 0.3 is 5.97 Å². The van der Waals surface area contributed by atoms with Gasteiger partial charge in [0.2, 0.25) is 5.91 Å². The summed E-state index contributed by atoms with van der Waals surface area (Å²) in [5.41, 5.74) is 0. The minimum atomic E-state index is -0.422. The van der Waals surface area contributed by atoms with Gasteiger partial charge in [-0.15, -0.1) is 6.58 Å². The molecule has 5 nitrogen and oxygen atoms in total. The lowest BCUT2D eigenvalue weighted by atomic mass is 10.4. The molecule has 16 heavy (non-hydrogen) atoms. The van der Waals surface area contributed by atoms with Crippen LogP contribution in [0.2, 0.25) is 0 Å². The minimum absolute atomic E-state index is 0.0241. The van der Waals surface area contributed by atoms with Crippen molar-refractivity contribution >= 4 is 11.9 Å². The van der Waals surface area contributed by atoms with Crippen molar-refractivity contribution in [2.75, 3.05) is 32.9 Å². The smallest absolute Gasteiger partial charge is 0.325 e. The number of hydrogen-bond acceptors (Lipinski definition) is 4. The van der Waals surface area contributed by atoms with E-state index in [2.05, 4.69) is 6.58 Å². The van der Waals surface area contributed by atoms with Crippen molar-refractivity contribution in [3.8, 4) is 0 Å². The predicted octanol–water partition coefficient (Wildman–Crippen LogP) is 0.601. The topological polar surface area (TPSA) is 55.8 Å². The summed E-state index contributed by atoms with van der Waals surface area (Å²) in [5, 5.41) is 0. The van der Waals surface area contributed by atoms with E-state index in [1.165, 1.54) is 4.90 Å². The maximum absolute atomic E-state index is 11.6. The highest BCUT2D eigenvalue weighted by molar-refractivity contribution is 5.83. The Kier molecular flexibility index (Phi) is 8.15. The van der Waals surface area contributed by atoms with Crippen molar-refractivity contribution in [2.45, 2.75) is 13.8 Å². The molecule has 0 radical (unpaired) electrons. The molecule has 0 atom stereocenters. The molecule has 0 fully saturated rings. The lowest BCUT2D eigenvalue weighted by molar-refractivity contribution is -0.150. The first-order valence-electron chi connectivity index (χ1n) is 5.27. The fourth-order valence-corrected chi connectivity index (χ4v) is 1.05. The van der Waals surface area contributed by atoms with Crippen LogP contribution in [-0.2, 0) is 19.1 Å². The molecule has 0 bridgehead atoms. The van der Waals surface area contributed by atoms with Gasteiger partial charge in [0.1, 0.15) is 13.2 Å². The highest BCUT2D eigenvalue weighted by Gasteiger charge is 2.16. The van der Waals surface area contributed by atoms with Gasteiger partial charge in [0.05, 0.1) is 6.61 Å². The SMILES string of the molecule is C=CCN(CC(=O)OCC)C(=O)COCC. The molecule has 0 spiro atoms. The number of nitrogens with zero attached hydrogens (tertiary/aromatic N) is 1. The second-order valence-corrected chi connectivity index (χ2v) is 3.01. The molecule has 1 amide bonds. The lowest BCUT2D eigenvalue weighted by Gasteiger charge is -2.19. The number of carbonyl (C=O) groups is 2. The first-order chi connectivity index (χ1) is 7.65. The number of carbonyl (C=O) groups excluding carboxylic acids is 2. The summed E-state index contributed by atoms with van der Waals surface area (Å²) in [5.74, 6) is -0.663. The van der Waals surface area contributed by atoms with E-state index in [0.717, 1.165) is 0 Å².